The first-order valence-electron chi connectivity index (χ1n) is 7.14. The molecule has 1 unspecified atom stereocenters. The SMILES string of the molecule is CNc1sc2c(c1C#N)CCC(NCc1cnn(C)c1)C2. The fraction of sp³-hybridized carbons (Fsp3) is 0.467. The summed E-state index contributed by atoms with van der Waals surface area (Å²) in [5.74, 6) is 0. The van der Waals surface area contributed by atoms with E-state index in [9.17, 15) is 5.26 Å². The van der Waals surface area contributed by atoms with Gasteiger partial charge in [0, 0.05) is 43.3 Å². The van der Waals surface area contributed by atoms with E-state index in [-0.39, 0.29) is 0 Å². The molecule has 0 aliphatic heterocycles. The van der Waals surface area contributed by atoms with E-state index >= 15 is 0 Å². The Morgan fingerprint density at radius 3 is 3.10 bits per heavy atom. The Morgan fingerprint density at radius 1 is 1.57 bits per heavy atom. The van der Waals surface area contributed by atoms with Gasteiger partial charge in [-0.25, -0.2) is 0 Å². The van der Waals surface area contributed by atoms with Gasteiger partial charge in [0.1, 0.15) is 11.1 Å². The third-order valence-electron chi connectivity index (χ3n) is 3.96. The number of anilines is 1. The van der Waals surface area contributed by atoms with Gasteiger partial charge in [0.25, 0.3) is 0 Å². The molecule has 110 valence electrons. The maximum Gasteiger partial charge on any atom is 0.107 e. The average Bonchev–Trinajstić information content (AvgIpc) is 3.07. The average molecular weight is 301 g/mol. The van der Waals surface area contributed by atoms with Crippen LogP contribution < -0.4 is 10.6 Å². The minimum atomic E-state index is 0.479. The number of aryl methyl sites for hydroxylation is 1. The lowest BCUT2D eigenvalue weighted by atomic mass is 9.92. The highest BCUT2D eigenvalue weighted by molar-refractivity contribution is 7.16. The summed E-state index contributed by atoms with van der Waals surface area (Å²) in [5.41, 5.74) is 3.32. The van der Waals surface area contributed by atoms with Gasteiger partial charge >= 0.3 is 0 Å². The van der Waals surface area contributed by atoms with Gasteiger partial charge < -0.3 is 10.6 Å². The van der Waals surface area contributed by atoms with E-state index in [0.717, 1.165) is 36.4 Å². The second-order valence-corrected chi connectivity index (χ2v) is 6.52. The molecule has 0 saturated carbocycles. The third-order valence-corrected chi connectivity index (χ3v) is 5.23. The van der Waals surface area contributed by atoms with Crippen LogP contribution in [-0.2, 0) is 26.4 Å². The first kappa shape index (κ1) is 14.1. The maximum atomic E-state index is 9.31. The van der Waals surface area contributed by atoms with Crippen molar-refractivity contribution in [2.24, 2.45) is 7.05 Å². The Labute approximate surface area is 128 Å². The minimum Gasteiger partial charge on any atom is -0.379 e. The lowest BCUT2D eigenvalue weighted by molar-refractivity contribution is 0.461. The molecule has 1 aliphatic rings. The van der Waals surface area contributed by atoms with Crippen LogP contribution in [0.1, 0.15) is 28.0 Å². The molecular formula is C15H19N5S. The molecule has 1 aliphatic carbocycles. The predicted octanol–water partition coefficient (Wildman–Crippen LogP) is 2.04. The zero-order valence-electron chi connectivity index (χ0n) is 12.3. The molecule has 0 fully saturated rings. The highest BCUT2D eigenvalue weighted by Gasteiger charge is 2.25. The largest absolute Gasteiger partial charge is 0.379 e. The van der Waals surface area contributed by atoms with Crippen molar-refractivity contribution in [3.8, 4) is 6.07 Å². The molecule has 0 aromatic carbocycles. The molecule has 2 aromatic heterocycles. The number of aromatic nitrogens is 2. The zero-order chi connectivity index (χ0) is 14.8. The lowest BCUT2D eigenvalue weighted by Gasteiger charge is -2.23. The molecule has 21 heavy (non-hydrogen) atoms. The monoisotopic (exact) mass is 301 g/mol. The molecule has 0 radical (unpaired) electrons. The van der Waals surface area contributed by atoms with Crippen molar-refractivity contribution < 1.29 is 0 Å². The first-order valence-corrected chi connectivity index (χ1v) is 7.96. The normalized spacial score (nSPS) is 17.3. The van der Waals surface area contributed by atoms with Crippen molar-refractivity contribution in [1.82, 2.24) is 15.1 Å². The molecule has 0 amide bonds. The summed E-state index contributed by atoms with van der Waals surface area (Å²) in [4.78, 5) is 1.35. The van der Waals surface area contributed by atoms with E-state index < -0.39 is 0 Å². The molecular weight excluding hydrogens is 282 g/mol. The highest BCUT2D eigenvalue weighted by Crippen LogP contribution is 2.37. The van der Waals surface area contributed by atoms with E-state index in [1.54, 1.807) is 11.3 Å². The Kier molecular flexibility index (Phi) is 3.95. The molecule has 0 spiro atoms. The molecule has 2 N–H and O–H groups in total. The highest BCUT2D eigenvalue weighted by atomic mass is 32.1. The number of hydrogen-bond acceptors (Lipinski definition) is 5. The summed E-state index contributed by atoms with van der Waals surface area (Å²) in [6.45, 7) is 0.850. The van der Waals surface area contributed by atoms with E-state index in [1.165, 1.54) is 16.0 Å². The zero-order valence-corrected chi connectivity index (χ0v) is 13.1. The number of nitrogens with one attached hydrogen (secondary N) is 2. The van der Waals surface area contributed by atoms with Crippen LogP contribution in [0.2, 0.25) is 0 Å². The van der Waals surface area contributed by atoms with Crippen LogP contribution in [0.5, 0.6) is 0 Å². The Morgan fingerprint density at radius 2 is 2.43 bits per heavy atom. The smallest absolute Gasteiger partial charge is 0.107 e. The third kappa shape index (κ3) is 2.80. The van der Waals surface area contributed by atoms with Gasteiger partial charge in [0.05, 0.1) is 11.8 Å². The number of thiophene rings is 1. The van der Waals surface area contributed by atoms with Crippen molar-refractivity contribution in [3.05, 3.63) is 34.0 Å². The van der Waals surface area contributed by atoms with Crippen LogP contribution in [0, 0.1) is 11.3 Å². The topological polar surface area (TPSA) is 65.7 Å². The second kappa shape index (κ2) is 5.88. The van der Waals surface area contributed by atoms with Crippen LogP contribution in [0.25, 0.3) is 0 Å². The molecule has 0 saturated heterocycles. The number of hydrogen-bond donors (Lipinski definition) is 2. The van der Waals surface area contributed by atoms with Gasteiger partial charge in [0.2, 0.25) is 0 Å². The summed E-state index contributed by atoms with van der Waals surface area (Å²) in [6.07, 6.45) is 7.03. The number of fused-ring (bicyclic) bond motifs is 1. The summed E-state index contributed by atoms with van der Waals surface area (Å²) in [5, 5.41) is 21.3. The van der Waals surface area contributed by atoms with Crippen LogP contribution in [0.4, 0.5) is 5.00 Å². The van der Waals surface area contributed by atoms with Gasteiger partial charge in [0.15, 0.2) is 0 Å². The fourth-order valence-electron chi connectivity index (χ4n) is 2.88. The van der Waals surface area contributed by atoms with Crippen molar-refractivity contribution in [2.45, 2.75) is 31.8 Å². The van der Waals surface area contributed by atoms with E-state index in [1.807, 2.05) is 31.2 Å². The molecule has 2 aromatic rings. The van der Waals surface area contributed by atoms with Crippen LogP contribution in [-0.4, -0.2) is 22.9 Å². The second-order valence-electron chi connectivity index (χ2n) is 5.41. The van der Waals surface area contributed by atoms with Crippen molar-refractivity contribution >= 4 is 16.3 Å². The summed E-state index contributed by atoms with van der Waals surface area (Å²) in [6, 6.07) is 2.83. The number of nitrogens with zero attached hydrogens (tertiary/aromatic N) is 3. The standard InChI is InChI=1S/C15H19N5S/c1-17-15-13(6-16)12-4-3-11(5-14(12)21-15)18-7-10-8-19-20(2)9-10/h8-9,11,17-18H,3-5,7H2,1-2H3. The maximum absolute atomic E-state index is 9.31. The van der Waals surface area contributed by atoms with Gasteiger partial charge in [-0.05, 0) is 24.8 Å². The lowest BCUT2D eigenvalue weighted by Crippen LogP contribution is -2.33. The molecule has 5 nitrogen and oxygen atoms in total. The first-order chi connectivity index (χ1) is 10.2. The summed E-state index contributed by atoms with van der Waals surface area (Å²) >= 11 is 1.73. The van der Waals surface area contributed by atoms with Gasteiger partial charge in [-0.3, -0.25) is 4.68 Å². The van der Waals surface area contributed by atoms with Crippen LogP contribution in [0.3, 0.4) is 0 Å². The quantitative estimate of drug-likeness (QED) is 0.907. The Hall–Kier alpha value is -1.84. The minimum absolute atomic E-state index is 0.479. The van der Waals surface area contributed by atoms with Crippen molar-refractivity contribution in [1.29, 1.82) is 5.26 Å². The fourth-order valence-corrected chi connectivity index (χ4v) is 4.11. The van der Waals surface area contributed by atoms with E-state index in [4.69, 9.17) is 0 Å². The molecule has 6 heteroatoms. The van der Waals surface area contributed by atoms with Gasteiger partial charge in [-0.2, -0.15) is 10.4 Å². The van der Waals surface area contributed by atoms with E-state index in [2.05, 4.69) is 21.8 Å². The summed E-state index contributed by atoms with van der Waals surface area (Å²) < 4.78 is 1.83. The predicted molar refractivity (Wildman–Crippen MR) is 84.4 cm³/mol. The molecule has 0 bridgehead atoms. The number of nitriles is 1. The molecule has 1 atom stereocenters. The number of rotatable bonds is 4. The van der Waals surface area contributed by atoms with Gasteiger partial charge in [-0.1, -0.05) is 0 Å². The summed E-state index contributed by atoms with van der Waals surface area (Å²) in [7, 11) is 3.82. The molecule has 2 heterocycles. The molecule has 3 rings (SSSR count). The van der Waals surface area contributed by atoms with Gasteiger partial charge in [-0.15, -0.1) is 11.3 Å². The van der Waals surface area contributed by atoms with E-state index in [0.29, 0.717) is 6.04 Å². The van der Waals surface area contributed by atoms with Crippen molar-refractivity contribution in [2.75, 3.05) is 12.4 Å². The Bertz CT molecular complexity index is 679. The van der Waals surface area contributed by atoms with Crippen molar-refractivity contribution in [3.63, 3.8) is 0 Å². The van der Waals surface area contributed by atoms with Crippen LogP contribution in [0.15, 0.2) is 12.4 Å². The van der Waals surface area contributed by atoms with Crippen LogP contribution >= 0.6 is 11.3 Å². The Balaban J connectivity index is 1.67.